The number of carboxylic acids is 1. The second-order valence-corrected chi connectivity index (χ2v) is 6.22. The Morgan fingerprint density at radius 2 is 1.84 bits per heavy atom. The Balaban J connectivity index is 2.05. The third kappa shape index (κ3) is 4.94. The van der Waals surface area contributed by atoms with Crippen LogP contribution in [-0.4, -0.2) is 22.9 Å². The molecule has 0 spiro atoms. The highest BCUT2D eigenvalue weighted by Gasteiger charge is 2.30. The highest BCUT2D eigenvalue weighted by atomic mass is 16.4. The molecule has 2 aromatic rings. The topological polar surface area (TPSA) is 109 Å². The van der Waals surface area contributed by atoms with E-state index in [1.807, 2.05) is 0 Å². The molecule has 0 bridgehead atoms. The summed E-state index contributed by atoms with van der Waals surface area (Å²) in [4.78, 5) is 35.6. The lowest BCUT2D eigenvalue weighted by molar-refractivity contribution is -0.148. The van der Waals surface area contributed by atoms with E-state index in [4.69, 9.17) is 9.52 Å². The molecule has 0 aliphatic heterocycles. The van der Waals surface area contributed by atoms with Crippen molar-refractivity contribution in [3.63, 3.8) is 0 Å². The zero-order valence-electron chi connectivity index (χ0n) is 14.0. The minimum atomic E-state index is -1.19. The maximum absolute atomic E-state index is 12.3. The summed E-state index contributed by atoms with van der Waals surface area (Å²) in [6, 6.07) is 9.99. The van der Waals surface area contributed by atoms with Gasteiger partial charge in [0.25, 0.3) is 5.91 Å². The number of aliphatic carboxylic acids is 1. The highest BCUT2D eigenvalue weighted by molar-refractivity contribution is 6.04. The van der Waals surface area contributed by atoms with Gasteiger partial charge >= 0.3 is 5.97 Å². The number of anilines is 1. The van der Waals surface area contributed by atoms with Crippen molar-refractivity contribution < 1.29 is 23.9 Å². The van der Waals surface area contributed by atoms with Crippen molar-refractivity contribution in [1.29, 1.82) is 0 Å². The number of nitrogens with one attached hydrogen (secondary N) is 2. The standard InChI is InChI=1S/C18H20N2O5/c1-18(2,17(23)24)10-15(21)20-14-8-4-3-7-13(14)16(22)19-11-12-6-5-9-25-12/h3-9H,10-11H2,1-2H3,(H,19,22)(H,20,21)(H,23,24). The van der Waals surface area contributed by atoms with Gasteiger partial charge < -0.3 is 20.2 Å². The number of hydrogen-bond acceptors (Lipinski definition) is 4. The van der Waals surface area contributed by atoms with Crippen LogP contribution in [0.1, 0.15) is 36.4 Å². The average molecular weight is 344 g/mol. The number of carboxylic acid groups (broad SMARTS) is 1. The molecule has 0 aliphatic rings. The van der Waals surface area contributed by atoms with Crippen molar-refractivity contribution in [2.45, 2.75) is 26.8 Å². The molecule has 1 aromatic heterocycles. The number of hydrogen-bond donors (Lipinski definition) is 3. The lowest BCUT2D eigenvalue weighted by Crippen LogP contribution is -2.30. The van der Waals surface area contributed by atoms with E-state index in [2.05, 4.69) is 10.6 Å². The van der Waals surface area contributed by atoms with E-state index in [-0.39, 0.29) is 24.4 Å². The zero-order valence-corrected chi connectivity index (χ0v) is 14.0. The highest BCUT2D eigenvalue weighted by Crippen LogP contribution is 2.22. The first-order valence-corrected chi connectivity index (χ1v) is 7.72. The number of rotatable bonds is 7. The van der Waals surface area contributed by atoms with Crippen LogP contribution >= 0.6 is 0 Å². The largest absolute Gasteiger partial charge is 0.481 e. The number of amides is 2. The van der Waals surface area contributed by atoms with Crippen molar-refractivity contribution >= 4 is 23.5 Å². The summed E-state index contributed by atoms with van der Waals surface area (Å²) in [5, 5.41) is 14.4. The molecule has 1 heterocycles. The number of carbonyl (C=O) groups is 3. The van der Waals surface area contributed by atoms with E-state index in [0.29, 0.717) is 11.4 Å². The van der Waals surface area contributed by atoms with E-state index in [1.54, 1.807) is 36.4 Å². The zero-order chi connectivity index (χ0) is 18.4. The number of furan rings is 1. The molecule has 25 heavy (non-hydrogen) atoms. The van der Waals surface area contributed by atoms with Crippen LogP contribution < -0.4 is 10.6 Å². The molecule has 1 aromatic carbocycles. The van der Waals surface area contributed by atoms with Gasteiger partial charge in [-0.2, -0.15) is 0 Å². The van der Waals surface area contributed by atoms with Gasteiger partial charge in [-0.3, -0.25) is 14.4 Å². The Hall–Kier alpha value is -3.09. The molecule has 7 heteroatoms. The van der Waals surface area contributed by atoms with Crippen LogP contribution in [-0.2, 0) is 16.1 Å². The first kappa shape index (κ1) is 18.3. The monoisotopic (exact) mass is 344 g/mol. The molecule has 0 atom stereocenters. The fourth-order valence-electron chi connectivity index (χ4n) is 2.14. The van der Waals surface area contributed by atoms with Gasteiger partial charge in [-0.05, 0) is 38.1 Å². The maximum atomic E-state index is 12.3. The Morgan fingerprint density at radius 1 is 1.12 bits per heavy atom. The van der Waals surface area contributed by atoms with Crippen LogP contribution in [0, 0.1) is 5.41 Å². The van der Waals surface area contributed by atoms with Crippen molar-refractivity contribution in [3.05, 3.63) is 54.0 Å². The SMILES string of the molecule is CC(C)(CC(=O)Nc1ccccc1C(=O)NCc1ccco1)C(=O)O. The van der Waals surface area contributed by atoms with Gasteiger partial charge in [0.2, 0.25) is 5.91 Å². The van der Waals surface area contributed by atoms with E-state index < -0.39 is 17.3 Å². The van der Waals surface area contributed by atoms with Gasteiger partial charge in [-0.15, -0.1) is 0 Å². The lowest BCUT2D eigenvalue weighted by atomic mass is 9.89. The number of para-hydroxylation sites is 1. The second kappa shape index (κ2) is 7.65. The van der Waals surface area contributed by atoms with Gasteiger partial charge in [-0.1, -0.05) is 12.1 Å². The molecule has 132 valence electrons. The molecule has 0 unspecified atom stereocenters. The van der Waals surface area contributed by atoms with Gasteiger partial charge in [0, 0.05) is 6.42 Å². The van der Waals surface area contributed by atoms with Crippen LogP contribution in [0.15, 0.2) is 47.1 Å². The van der Waals surface area contributed by atoms with Crippen LogP contribution in [0.5, 0.6) is 0 Å². The Kier molecular flexibility index (Phi) is 5.59. The van der Waals surface area contributed by atoms with Crippen LogP contribution in [0.25, 0.3) is 0 Å². The van der Waals surface area contributed by atoms with Crippen molar-refractivity contribution in [2.75, 3.05) is 5.32 Å². The fraction of sp³-hybridized carbons (Fsp3) is 0.278. The van der Waals surface area contributed by atoms with Crippen LogP contribution in [0.2, 0.25) is 0 Å². The molecular formula is C18H20N2O5. The molecule has 0 aliphatic carbocycles. The summed E-state index contributed by atoms with van der Waals surface area (Å²) in [6.45, 7) is 3.16. The summed E-state index contributed by atoms with van der Waals surface area (Å²) < 4.78 is 5.15. The summed E-state index contributed by atoms with van der Waals surface area (Å²) in [5.74, 6) is -1.30. The summed E-state index contributed by atoms with van der Waals surface area (Å²) >= 11 is 0. The van der Waals surface area contributed by atoms with E-state index in [9.17, 15) is 14.4 Å². The molecule has 3 N–H and O–H groups in total. The molecule has 0 saturated heterocycles. The van der Waals surface area contributed by atoms with E-state index in [1.165, 1.54) is 20.1 Å². The van der Waals surface area contributed by atoms with Gasteiger partial charge in [-0.25, -0.2) is 0 Å². The van der Waals surface area contributed by atoms with Gasteiger partial charge in [0.1, 0.15) is 5.76 Å². The van der Waals surface area contributed by atoms with Crippen LogP contribution in [0.3, 0.4) is 0 Å². The van der Waals surface area contributed by atoms with Crippen molar-refractivity contribution in [3.8, 4) is 0 Å². The molecule has 2 amide bonds. The van der Waals surface area contributed by atoms with Gasteiger partial charge in [0.15, 0.2) is 0 Å². The van der Waals surface area contributed by atoms with E-state index >= 15 is 0 Å². The third-order valence-electron chi connectivity index (χ3n) is 3.63. The van der Waals surface area contributed by atoms with E-state index in [0.717, 1.165) is 0 Å². The minimum absolute atomic E-state index is 0.204. The number of carbonyl (C=O) groups excluding carboxylic acids is 2. The maximum Gasteiger partial charge on any atom is 0.309 e. The molecule has 2 rings (SSSR count). The summed E-state index contributed by atoms with van der Waals surface area (Å²) in [7, 11) is 0. The molecule has 0 fully saturated rings. The molecule has 0 saturated carbocycles. The third-order valence-corrected chi connectivity index (χ3v) is 3.63. The summed E-state index contributed by atoms with van der Waals surface area (Å²) in [5.41, 5.74) is -0.582. The quantitative estimate of drug-likeness (QED) is 0.715. The second-order valence-electron chi connectivity index (χ2n) is 6.22. The minimum Gasteiger partial charge on any atom is -0.481 e. The first-order valence-electron chi connectivity index (χ1n) is 7.72. The van der Waals surface area contributed by atoms with Crippen LogP contribution in [0.4, 0.5) is 5.69 Å². The van der Waals surface area contributed by atoms with Crippen molar-refractivity contribution in [1.82, 2.24) is 5.32 Å². The normalized spacial score (nSPS) is 11.0. The Labute approximate surface area is 145 Å². The number of benzene rings is 1. The Bertz CT molecular complexity index is 766. The van der Waals surface area contributed by atoms with Gasteiger partial charge in [0.05, 0.1) is 29.5 Å². The predicted octanol–water partition coefficient (Wildman–Crippen LogP) is 2.65. The lowest BCUT2D eigenvalue weighted by Gasteiger charge is -2.19. The Morgan fingerprint density at radius 3 is 2.48 bits per heavy atom. The molecule has 0 radical (unpaired) electrons. The molecular weight excluding hydrogens is 324 g/mol. The molecule has 7 nitrogen and oxygen atoms in total. The fourth-order valence-corrected chi connectivity index (χ4v) is 2.14. The smallest absolute Gasteiger partial charge is 0.309 e. The van der Waals surface area contributed by atoms with Crippen molar-refractivity contribution in [2.24, 2.45) is 5.41 Å². The first-order chi connectivity index (χ1) is 11.8. The predicted molar refractivity (Wildman–Crippen MR) is 91.0 cm³/mol. The average Bonchev–Trinajstić information content (AvgIpc) is 3.05. The summed E-state index contributed by atoms with van der Waals surface area (Å²) in [6.07, 6.45) is 1.31.